The molecular formula is C15H17Cl2F. The van der Waals surface area contributed by atoms with E-state index >= 15 is 0 Å². The van der Waals surface area contributed by atoms with Gasteiger partial charge in [0.15, 0.2) is 0 Å². The molecule has 0 N–H and O–H groups in total. The zero-order valence-electron chi connectivity index (χ0n) is 10.3. The van der Waals surface area contributed by atoms with Crippen LogP contribution < -0.4 is 0 Å². The lowest BCUT2D eigenvalue weighted by Gasteiger charge is -2.36. The van der Waals surface area contributed by atoms with Crippen molar-refractivity contribution in [1.29, 1.82) is 0 Å². The molecule has 0 heterocycles. The molecule has 18 heavy (non-hydrogen) atoms. The number of rotatable bonds is 3. The fraction of sp³-hybridized carbons (Fsp3) is 0.600. The molecule has 2 bridgehead atoms. The summed E-state index contributed by atoms with van der Waals surface area (Å²) in [5, 5.41) is 0.223. The molecule has 3 atom stereocenters. The Morgan fingerprint density at radius 1 is 1.33 bits per heavy atom. The minimum absolute atomic E-state index is 0.223. The average Bonchev–Trinajstić information content (AvgIpc) is 2.94. The highest BCUT2D eigenvalue weighted by Gasteiger charge is 2.50. The van der Waals surface area contributed by atoms with Gasteiger partial charge in [-0.05, 0) is 60.6 Å². The first kappa shape index (κ1) is 12.7. The maximum Gasteiger partial charge on any atom is 0.141 e. The molecule has 2 aliphatic carbocycles. The molecule has 0 saturated heterocycles. The van der Waals surface area contributed by atoms with Gasteiger partial charge in [-0.25, -0.2) is 4.39 Å². The SMILES string of the molecule is Fc1ccc(CC2(CCl)CC3CCC2C3)cc1Cl. The lowest BCUT2D eigenvalue weighted by Crippen LogP contribution is -2.32. The lowest BCUT2D eigenvalue weighted by molar-refractivity contribution is 0.193. The Hall–Kier alpha value is -0.270. The summed E-state index contributed by atoms with van der Waals surface area (Å²) >= 11 is 12.1. The van der Waals surface area contributed by atoms with E-state index in [-0.39, 0.29) is 16.3 Å². The maximum atomic E-state index is 13.2. The summed E-state index contributed by atoms with van der Waals surface area (Å²) in [4.78, 5) is 0. The second-order valence-electron chi connectivity index (χ2n) is 6.00. The lowest BCUT2D eigenvalue weighted by atomic mass is 9.71. The van der Waals surface area contributed by atoms with Crippen LogP contribution in [0.5, 0.6) is 0 Å². The smallest absolute Gasteiger partial charge is 0.141 e. The van der Waals surface area contributed by atoms with Crippen molar-refractivity contribution in [3.63, 3.8) is 0 Å². The molecule has 0 radical (unpaired) electrons. The quantitative estimate of drug-likeness (QED) is 0.681. The predicted molar refractivity (Wildman–Crippen MR) is 73.7 cm³/mol. The van der Waals surface area contributed by atoms with Crippen molar-refractivity contribution < 1.29 is 4.39 Å². The van der Waals surface area contributed by atoms with Gasteiger partial charge >= 0.3 is 0 Å². The van der Waals surface area contributed by atoms with Gasteiger partial charge < -0.3 is 0 Å². The Kier molecular flexibility index (Phi) is 3.32. The van der Waals surface area contributed by atoms with Crippen molar-refractivity contribution in [1.82, 2.24) is 0 Å². The summed E-state index contributed by atoms with van der Waals surface area (Å²) < 4.78 is 13.2. The summed E-state index contributed by atoms with van der Waals surface area (Å²) in [5.74, 6) is 1.99. The first-order chi connectivity index (χ1) is 8.63. The second kappa shape index (κ2) is 4.68. The van der Waals surface area contributed by atoms with E-state index in [1.807, 2.05) is 6.07 Å². The molecule has 0 aromatic heterocycles. The standard InChI is InChI=1S/C15H17Cl2F/c16-9-15(7-10-1-3-12(15)5-10)8-11-2-4-14(18)13(17)6-11/h2,4,6,10,12H,1,3,5,7-9H2. The second-order valence-corrected chi connectivity index (χ2v) is 6.68. The molecule has 3 unspecified atom stereocenters. The predicted octanol–water partition coefficient (Wildman–Crippen LogP) is 5.07. The fourth-order valence-electron chi connectivity index (χ4n) is 4.04. The molecule has 98 valence electrons. The number of alkyl halides is 1. The van der Waals surface area contributed by atoms with Crippen molar-refractivity contribution in [3.05, 3.63) is 34.6 Å². The van der Waals surface area contributed by atoms with Gasteiger partial charge in [0, 0.05) is 5.88 Å². The van der Waals surface area contributed by atoms with Crippen LogP contribution in [0.15, 0.2) is 18.2 Å². The highest BCUT2D eigenvalue weighted by Crippen LogP contribution is 2.57. The van der Waals surface area contributed by atoms with Gasteiger partial charge in [-0.15, -0.1) is 11.6 Å². The highest BCUT2D eigenvalue weighted by atomic mass is 35.5. The molecule has 2 fully saturated rings. The zero-order valence-corrected chi connectivity index (χ0v) is 11.8. The molecule has 0 spiro atoms. The number of halogens is 3. The van der Waals surface area contributed by atoms with E-state index in [4.69, 9.17) is 23.2 Å². The average molecular weight is 287 g/mol. The molecule has 1 aromatic carbocycles. The normalized spacial score (nSPS) is 34.2. The van der Waals surface area contributed by atoms with E-state index < -0.39 is 0 Å². The Labute approximate surface area is 117 Å². The molecule has 0 nitrogen and oxygen atoms in total. The number of fused-ring (bicyclic) bond motifs is 2. The summed E-state index contributed by atoms with van der Waals surface area (Å²) in [6.45, 7) is 0. The van der Waals surface area contributed by atoms with Crippen LogP contribution in [0.3, 0.4) is 0 Å². The third-order valence-corrected chi connectivity index (χ3v) is 5.73. The molecule has 3 rings (SSSR count). The van der Waals surface area contributed by atoms with Gasteiger partial charge in [-0.2, -0.15) is 0 Å². The number of benzene rings is 1. The van der Waals surface area contributed by atoms with Crippen LogP contribution in [-0.4, -0.2) is 5.88 Å². The van der Waals surface area contributed by atoms with E-state index in [9.17, 15) is 4.39 Å². The van der Waals surface area contributed by atoms with E-state index in [2.05, 4.69) is 0 Å². The van der Waals surface area contributed by atoms with Crippen LogP contribution >= 0.6 is 23.2 Å². The number of hydrogen-bond donors (Lipinski definition) is 0. The van der Waals surface area contributed by atoms with Gasteiger partial charge in [0.1, 0.15) is 5.82 Å². The third kappa shape index (κ3) is 2.06. The van der Waals surface area contributed by atoms with Crippen LogP contribution in [0.2, 0.25) is 5.02 Å². The zero-order chi connectivity index (χ0) is 12.8. The van der Waals surface area contributed by atoms with Gasteiger partial charge in [0.25, 0.3) is 0 Å². The molecule has 2 saturated carbocycles. The van der Waals surface area contributed by atoms with Crippen molar-refractivity contribution in [3.8, 4) is 0 Å². The summed E-state index contributed by atoms with van der Waals surface area (Å²) in [5.41, 5.74) is 1.35. The molecule has 0 amide bonds. The Bertz CT molecular complexity index is 460. The highest BCUT2D eigenvalue weighted by molar-refractivity contribution is 6.30. The summed E-state index contributed by atoms with van der Waals surface area (Å²) in [6.07, 6.45) is 6.19. The van der Waals surface area contributed by atoms with Gasteiger partial charge in [0.2, 0.25) is 0 Å². The molecule has 3 heteroatoms. The van der Waals surface area contributed by atoms with Crippen molar-refractivity contribution in [2.24, 2.45) is 17.3 Å². The Morgan fingerprint density at radius 3 is 2.72 bits per heavy atom. The van der Waals surface area contributed by atoms with Crippen LogP contribution in [0.1, 0.15) is 31.2 Å². The van der Waals surface area contributed by atoms with Gasteiger partial charge in [-0.1, -0.05) is 24.1 Å². The van der Waals surface area contributed by atoms with E-state index in [1.54, 1.807) is 6.07 Å². The van der Waals surface area contributed by atoms with Crippen LogP contribution in [0, 0.1) is 23.1 Å². The molecule has 0 aliphatic heterocycles. The van der Waals surface area contributed by atoms with Crippen LogP contribution in [-0.2, 0) is 6.42 Å². The molecular weight excluding hydrogens is 270 g/mol. The molecule has 2 aliphatic rings. The van der Waals surface area contributed by atoms with E-state index in [0.29, 0.717) is 5.88 Å². The molecule has 1 aromatic rings. The largest absolute Gasteiger partial charge is 0.205 e. The summed E-state index contributed by atoms with van der Waals surface area (Å²) in [7, 11) is 0. The third-order valence-electron chi connectivity index (χ3n) is 4.91. The minimum atomic E-state index is -0.340. The topological polar surface area (TPSA) is 0 Å². The van der Waals surface area contributed by atoms with Crippen LogP contribution in [0.4, 0.5) is 4.39 Å². The van der Waals surface area contributed by atoms with Crippen molar-refractivity contribution >= 4 is 23.2 Å². The van der Waals surface area contributed by atoms with E-state index in [0.717, 1.165) is 23.8 Å². The first-order valence-corrected chi connectivity index (χ1v) is 7.54. The minimum Gasteiger partial charge on any atom is -0.205 e. The first-order valence-electron chi connectivity index (χ1n) is 6.63. The fourth-order valence-corrected chi connectivity index (χ4v) is 4.67. The maximum absolute atomic E-state index is 13.2. The van der Waals surface area contributed by atoms with Gasteiger partial charge in [0.05, 0.1) is 5.02 Å². The summed E-state index contributed by atoms with van der Waals surface area (Å²) in [6, 6.07) is 5.07. The van der Waals surface area contributed by atoms with E-state index in [1.165, 1.54) is 31.7 Å². The van der Waals surface area contributed by atoms with Crippen molar-refractivity contribution in [2.45, 2.75) is 32.1 Å². The number of hydrogen-bond acceptors (Lipinski definition) is 0. The Balaban J connectivity index is 1.84. The monoisotopic (exact) mass is 286 g/mol. The van der Waals surface area contributed by atoms with Crippen LogP contribution in [0.25, 0.3) is 0 Å². The Morgan fingerprint density at radius 2 is 2.17 bits per heavy atom. The van der Waals surface area contributed by atoms with Gasteiger partial charge in [-0.3, -0.25) is 0 Å². The van der Waals surface area contributed by atoms with Crippen molar-refractivity contribution in [2.75, 3.05) is 5.88 Å².